The molecule has 0 aliphatic heterocycles. The number of hydrogen-bond donors (Lipinski definition) is 2. The molecule has 0 aromatic rings. The first-order valence-corrected chi connectivity index (χ1v) is 8.20. The van der Waals surface area contributed by atoms with E-state index in [4.69, 9.17) is 0 Å². The molecule has 3 heteroatoms. The van der Waals surface area contributed by atoms with Gasteiger partial charge < -0.3 is 10.6 Å². The van der Waals surface area contributed by atoms with E-state index < -0.39 is 0 Å². The molecule has 1 unspecified atom stereocenters. The molecule has 0 aromatic heterocycles. The Morgan fingerprint density at radius 3 is 2.11 bits per heavy atom. The summed E-state index contributed by atoms with van der Waals surface area (Å²) in [5.41, 5.74) is 0. The third-order valence-electron chi connectivity index (χ3n) is 3.51. The Labute approximate surface area is 119 Å². The first-order valence-electron chi connectivity index (χ1n) is 8.20. The number of unbranched alkanes of at least 4 members (excludes halogenated alkanes) is 7. The Bertz CT molecular complexity index is 207. The van der Waals surface area contributed by atoms with E-state index in [9.17, 15) is 4.79 Å². The smallest absolute Gasteiger partial charge is 0.234 e. The van der Waals surface area contributed by atoms with Gasteiger partial charge in [-0.2, -0.15) is 0 Å². The summed E-state index contributed by atoms with van der Waals surface area (Å²) in [6, 6.07) is 0.289. The molecule has 0 saturated carbocycles. The average Bonchev–Trinajstić information content (AvgIpc) is 2.40. The zero-order valence-electron chi connectivity index (χ0n) is 13.3. The third kappa shape index (κ3) is 13.7. The highest BCUT2D eigenvalue weighted by Crippen LogP contribution is 2.07. The lowest BCUT2D eigenvalue weighted by atomic mass is 10.1. The number of amides is 1. The second-order valence-electron chi connectivity index (χ2n) is 5.53. The minimum atomic E-state index is 0.119. The highest BCUT2D eigenvalue weighted by molar-refractivity contribution is 5.78. The van der Waals surface area contributed by atoms with Crippen molar-refractivity contribution >= 4 is 5.91 Å². The van der Waals surface area contributed by atoms with E-state index in [1.54, 1.807) is 0 Å². The van der Waals surface area contributed by atoms with Gasteiger partial charge in [0.2, 0.25) is 5.91 Å². The predicted octanol–water partition coefficient (Wildman–Crippen LogP) is 3.63. The molecule has 2 N–H and O–H groups in total. The van der Waals surface area contributed by atoms with E-state index in [-0.39, 0.29) is 11.9 Å². The van der Waals surface area contributed by atoms with E-state index in [2.05, 4.69) is 24.5 Å². The van der Waals surface area contributed by atoms with Crippen molar-refractivity contribution in [2.75, 3.05) is 13.1 Å². The van der Waals surface area contributed by atoms with Crippen LogP contribution in [0.4, 0.5) is 0 Å². The molecule has 0 radical (unpaired) electrons. The molecule has 0 aromatic carbocycles. The Morgan fingerprint density at radius 2 is 1.53 bits per heavy atom. The van der Waals surface area contributed by atoms with E-state index >= 15 is 0 Å². The molecule has 0 heterocycles. The fourth-order valence-electron chi connectivity index (χ4n) is 2.01. The summed E-state index contributed by atoms with van der Waals surface area (Å²) in [5, 5.41) is 6.17. The van der Waals surface area contributed by atoms with Gasteiger partial charge in [-0.3, -0.25) is 4.79 Å². The van der Waals surface area contributed by atoms with Gasteiger partial charge in [-0.15, -0.1) is 0 Å². The lowest BCUT2D eigenvalue weighted by molar-refractivity contribution is -0.120. The molecular formula is C16H34N2O. The van der Waals surface area contributed by atoms with E-state index in [1.807, 2.05) is 6.92 Å². The molecule has 3 nitrogen and oxygen atoms in total. The van der Waals surface area contributed by atoms with Crippen LogP contribution in [0.2, 0.25) is 0 Å². The van der Waals surface area contributed by atoms with Crippen molar-refractivity contribution < 1.29 is 4.79 Å². The standard InChI is InChI=1S/C16H34N2O/c1-4-6-7-8-9-10-11-12-13-17-14-16(19)18-15(3)5-2/h15,17H,4-14H2,1-3H3,(H,18,19). The Morgan fingerprint density at radius 1 is 0.947 bits per heavy atom. The summed E-state index contributed by atoms with van der Waals surface area (Å²) in [5.74, 6) is 0.119. The van der Waals surface area contributed by atoms with Gasteiger partial charge in [0.15, 0.2) is 0 Å². The maximum Gasteiger partial charge on any atom is 0.234 e. The van der Waals surface area contributed by atoms with Gasteiger partial charge in [0.05, 0.1) is 6.54 Å². The van der Waals surface area contributed by atoms with Gasteiger partial charge in [-0.1, -0.05) is 58.8 Å². The molecule has 0 aliphatic carbocycles. The van der Waals surface area contributed by atoms with Crippen LogP contribution in [-0.4, -0.2) is 25.0 Å². The Hall–Kier alpha value is -0.570. The predicted molar refractivity (Wildman–Crippen MR) is 83.4 cm³/mol. The number of hydrogen-bond acceptors (Lipinski definition) is 2. The zero-order valence-corrected chi connectivity index (χ0v) is 13.3. The minimum absolute atomic E-state index is 0.119. The van der Waals surface area contributed by atoms with Gasteiger partial charge in [0, 0.05) is 6.04 Å². The Balaban J connectivity index is 3.16. The van der Waals surface area contributed by atoms with Crippen molar-refractivity contribution in [1.29, 1.82) is 0 Å². The summed E-state index contributed by atoms with van der Waals surface area (Å²) >= 11 is 0. The second-order valence-corrected chi connectivity index (χ2v) is 5.53. The number of nitrogens with one attached hydrogen (secondary N) is 2. The fraction of sp³-hybridized carbons (Fsp3) is 0.938. The summed E-state index contributed by atoms with van der Waals surface area (Å²) in [6.07, 6.45) is 11.7. The van der Waals surface area contributed by atoms with Crippen LogP contribution in [0.25, 0.3) is 0 Å². The second kappa shape index (κ2) is 13.9. The van der Waals surface area contributed by atoms with Crippen LogP contribution in [0, 0.1) is 0 Å². The van der Waals surface area contributed by atoms with Gasteiger partial charge in [0.1, 0.15) is 0 Å². The van der Waals surface area contributed by atoms with Crippen molar-refractivity contribution in [3.63, 3.8) is 0 Å². The van der Waals surface area contributed by atoms with Crippen molar-refractivity contribution in [3.05, 3.63) is 0 Å². The molecule has 0 aliphatic rings. The quantitative estimate of drug-likeness (QED) is 0.502. The topological polar surface area (TPSA) is 41.1 Å². The molecule has 1 atom stereocenters. The van der Waals surface area contributed by atoms with Crippen LogP contribution in [0.3, 0.4) is 0 Å². The molecule has 0 bridgehead atoms. The summed E-state index contributed by atoms with van der Waals surface area (Å²) in [7, 11) is 0. The van der Waals surface area contributed by atoms with Gasteiger partial charge in [-0.25, -0.2) is 0 Å². The maximum absolute atomic E-state index is 11.5. The molecule has 19 heavy (non-hydrogen) atoms. The van der Waals surface area contributed by atoms with Crippen LogP contribution >= 0.6 is 0 Å². The first kappa shape index (κ1) is 18.4. The Kier molecular flexibility index (Phi) is 13.4. The van der Waals surface area contributed by atoms with Gasteiger partial charge >= 0.3 is 0 Å². The summed E-state index contributed by atoms with van der Waals surface area (Å²) in [6.45, 7) is 7.79. The van der Waals surface area contributed by atoms with Crippen LogP contribution in [-0.2, 0) is 4.79 Å². The van der Waals surface area contributed by atoms with E-state index in [1.165, 1.54) is 51.4 Å². The number of carbonyl (C=O) groups is 1. The zero-order chi connectivity index (χ0) is 14.3. The highest BCUT2D eigenvalue weighted by atomic mass is 16.1. The van der Waals surface area contributed by atoms with Crippen LogP contribution in [0.15, 0.2) is 0 Å². The highest BCUT2D eigenvalue weighted by Gasteiger charge is 2.03. The van der Waals surface area contributed by atoms with E-state index in [0.29, 0.717) is 6.54 Å². The first-order chi connectivity index (χ1) is 9.20. The number of rotatable bonds is 13. The normalized spacial score (nSPS) is 12.4. The van der Waals surface area contributed by atoms with Gasteiger partial charge in [-0.05, 0) is 26.3 Å². The van der Waals surface area contributed by atoms with Crippen molar-refractivity contribution in [2.24, 2.45) is 0 Å². The van der Waals surface area contributed by atoms with Crippen LogP contribution in [0.5, 0.6) is 0 Å². The minimum Gasteiger partial charge on any atom is -0.353 e. The van der Waals surface area contributed by atoms with Crippen molar-refractivity contribution in [1.82, 2.24) is 10.6 Å². The number of carbonyl (C=O) groups excluding carboxylic acids is 1. The van der Waals surface area contributed by atoms with Crippen molar-refractivity contribution in [3.8, 4) is 0 Å². The third-order valence-corrected chi connectivity index (χ3v) is 3.51. The fourth-order valence-corrected chi connectivity index (χ4v) is 2.01. The summed E-state index contributed by atoms with van der Waals surface area (Å²) in [4.78, 5) is 11.5. The molecular weight excluding hydrogens is 236 g/mol. The molecule has 0 spiro atoms. The largest absolute Gasteiger partial charge is 0.353 e. The molecule has 0 fully saturated rings. The van der Waals surface area contributed by atoms with E-state index in [0.717, 1.165) is 13.0 Å². The summed E-state index contributed by atoms with van der Waals surface area (Å²) < 4.78 is 0. The maximum atomic E-state index is 11.5. The van der Waals surface area contributed by atoms with Crippen LogP contribution < -0.4 is 10.6 Å². The average molecular weight is 270 g/mol. The molecule has 114 valence electrons. The monoisotopic (exact) mass is 270 g/mol. The SMILES string of the molecule is CCCCCCCCCCNCC(=O)NC(C)CC. The lowest BCUT2D eigenvalue weighted by Crippen LogP contribution is -2.38. The molecule has 1 amide bonds. The van der Waals surface area contributed by atoms with Gasteiger partial charge in [0.25, 0.3) is 0 Å². The molecule has 0 saturated heterocycles. The van der Waals surface area contributed by atoms with Crippen molar-refractivity contribution in [2.45, 2.75) is 84.6 Å². The lowest BCUT2D eigenvalue weighted by Gasteiger charge is -2.11. The molecule has 0 rings (SSSR count). The van der Waals surface area contributed by atoms with Crippen LogP contribution in [0.1, 0.15) is 78.6 Å².